The summed E-state index contributed by atoms with van der Waals surface area (Å²) >= 11 is 0. The highest BCUT2D eigenvalue weighted by molar-refractivity contribution is 5.91. The van der Waals surface area contributed by atoms with Crippen molar-refractivity contribution < 1.29 is 42.1 Å². The van der Waals surface area contributed by atoms with E-state index in [2.05, 4.69) is 23.1 Å². The summed E-state index contributed by atoms with van der Waals surface area (Å²) in [6.07, 6.45) is 8.79. The summed E-state index contributed by atoms with van der Waals surface area (Å²) in [6.45, 7) is 4.47. The van der Waals surface area contributed by atoms with E-state index >= 15 is 0 Å². The molecular weight excluding hydrogens is 579 g/mol. The van der Waals surface area contributed by atoms with E-state index in [1.54, 1.807) is 18.2 Å². The topological polar surface area (TPSA) is 106 Å². The molecule has 0 radical (unpaired) electrons. The van der Waals surface area contributed by atoms with E-state index < -0.39 is 17.9 Å². The van der Waals surface area contributed by atoms with Crippen molar-refractivity contribution in [1.29, 1.82) is 0 Å². The normalized spacial score (nSPS) is 21.2. The fourth-order valence-electron chi connectivity index (χ4n) is 6.80. The van der Waals surface area contributed by atoms with Crippen molar-refractivity contribution in [2.75, 3.05) is 26.2 Å². The second-order valence-electron chi connectivity index (χ2n) is 12.4. The molecule has 4 heterocycles. The zero-order chi connectivity index (χ0) is 31.4. The van der Waals surface area contributed by atoms with Gasteiger partial charge in [0.15, 0.2) is 17.7 Å². The number of para-hydroxylation sites is 1. The molecule has 0 atom stereocenters. The average molecular weight is 620 g/mol. The SMILES string of the molecule is O=C(O)C(F)(F)F.O=C(c1cccc[n+]1[O-])N1CCC2(CCN(Cc3cccc4c3OC3(CCCCCCC3)O4)CC2)CC1. The number of hydrogen-bond acceptors (Lipinski definition) is 6. The van der Waals surface area contributed by atoms with Crippen LogP contribution in [-0.4, -0.2) is 64.9 Å². The van der Waals surface area contributed by atoms with Gasteiger partial charge in [-0.25, -0.2) is 4.79 Å². The maximum atomic E-state index is 12.9. The fourth-order valence-corrected chi connectivity index (χ4v) is 6.80. The van der Waals surface area contributed by atoms with Gasteiger partial charge in [-0.3, -0.25) is 9.69 Å². The van der Waals surface area contributed by atoms with E-state index in [0.29, 0.717) is 10.1 Å². The Morgan fingerprint density at radius 2 is 1.48 bits per heavy atom. The van der Waals surface area contributed by atoms with E-state index in [0.717, 1.165) is 82.7 Å². The molecule has 9 nitrogen and oxygen atoms in total. The first-order valence-electron chi connectivity index (χ1n) is 15.5. The number of rotatable bonds is 3. The lowest BCUT2D eigenvalue weighted by Crippen LogP contribution is -2.50. The van der Waals surface area contributed by atoms with Crippen LogP contribution in [-0.2, 0) is 11.3 Å². The molecule has 1 aliphatic carbocycles. The van der Waals surface area contributed by atoms with Gasteiger partial charge in [0.25, 0.3) is 11.5 Å². The molecular formula is C32H40F3N3O6. The van der Waals surface area contributed by atoms with Crippen molar-refractivity contribution in [2.24, 2.45) is 5.41 Å². The first-order chi connectivity index (χ1) is 21.0. The lowest BCUT2D eigenvalue weighted by molar-refractivity contribution is -0.608. The van der Waals surface area contributed by atoms with Crippen LogP contribution in [0, 0.1) is 10.6 Å². The Morgan fingerprint density at radius 1 is 0.864 bits per heavy atom. The summed E-state index contributed by atoms with van der Waals surface area (Å²) in [5.74, 6) is -1.48. The number of carboxylic acids is 1. The van der Waals surface area contributed by atoms with Crippen LogP contribution in [0.15, 0.2) is 42.6 Å². The number of carbonyl (C=O) groups is 2. The molecule has 6 rings (SSSR count). The number of carbonyl (C=O) groups excluding carboxylic acids is 1. The second kappa shape index (κ2) is 13.2. The standard InChI is InChI=1S/C30H39N3O4.C2HF3O2/c34-28(25-10-4-7-18-33(25)35)32-21-16-29(17-22-32)14-19-31(20-15-29)23-24-9-8-11-26-27(24)37-30(36-26)12-5-2-1-3-6-13-30;3-2(4,5)1(6)7/h4,7-11,18H,1-3,5-6,12-17,19-23H2;(H,6,7). The first kappa shape index (κ1) is 31.9. The van der Waals surface area contributed by atoms with Gasteiger partial charge < -0.3 is 24.7 Å². The van der Waals surface area contributed by atoms with Gasteiger partial charge >= 0.3 is 18.1 Å². The Bertz CT molecular complexity index is 1310. The van der Waals surface area contributed by atoms with Crippen LogP contribution in [0.3, 0.4) is 0 Å². The minimum atomic E-state index is -5.08. The van der Waals surface area contributed by atoms with Crippen LogP contribution < -0.4 is 14.2 Å². The van der Waals surface area contributed by atoms with Gasteiger partial charge in [-0.1, -0.05) is 31.4 Å². The highest BCUT2D eigenvalue weighted by Gasteiger charge is 2.43. The molecule has 3 aliphatic heterocycles. The van der Waals surface area contributed by atoms with Crippen LogP contribution >= 0.6 is 0 Å². The summed E-state index contributed by atoms with van der Waals surface area (Å²) < 4.78 is 45.5. The van der Waals surface area contributed by atoms with Gasteiger partial charge in [-0.2, -0.15) is 17.9 Å². The number of carboxylic acid groups (broad SMARTS) is 1. The van der Waals surface area contributed by atoms with Crippen LogP contribution in [0.1, 0.15) is 86.7 Å². The van der Waals surface area contributed by atoms with Gasteiger partial charge in [-0.15, -0.1) is 0 Å². The quantitative estimate of drug-likeness (QED) is 0.348. The Kier molecular flexibility index (Phi) is 9.57. The molecule has 1 aromatic heterocycles. The Morgan fingerprint density at radius 3 is 2.09 bits per heavy atom. The number of pyridine rings is 1. The number of likely N-dealkylation sites (tertiary alicyclic amines) is 2. The third-order valence-electron chi connectivity index (χ3n) is 9.47. The Hall–Kier alpha value is -3.54. The molecule has 2 saturated heterocycles. The van der Waals surface area contributed by atoms with E-state index in [-0.39, 0.29) is 11.6 Å². The van der Waals surface area contributed by atoms with Gasteiger partial charge in [-0.05, 0) is 69.2 Å². The van der Waals surface area contributed by atoms with Gasteiger partial charge in [0.05, 0.1) is 0 Å². The molecule has 4 aliphatic rings. The molecule has 1 saturated carbocycles. The predicted molar refractivity (Wildman–Crippen MR) is 154 cm³/mol. The molecule has 2 spiro atoms. The van der Waals surface area contributed by atoms with E-state index in [1.807, 2.05) is 4.90 Å². The van der Waals surface area contributed by atoms with Crippen molar-refractivity contribution >= 4 is 11.9 Å². The molecule has 12 heteroatoms. The minimum absolute atomic E-state index is 0.148. The molecule has 0 unspecified atom stereocenters. The van der Waals surface area contributed by atoms with E-state index in [9.17, 15) is 23.2 Å². The third-order valence-corrected chi connectivity index (χ3v) is 9.47. The number of alkyl halides is 3. The van der Waals surface area contributed by atoms with Crippen molar-refractivity contribution in [2.45, 2.75) is 89.1 Å². The summed E-state index contributed by atoms with van der Waals surface area (Å²) in [5, 5.41) is 19.1. The van der Waals surface area contributed by atoms with Gasteiger partial charge in [0.1, 0.15) is 0 Å². The van der Waals surface area contributed by atoms with Crippen LogP contribution in [0.2, 0.25) is 0 Å². The number of nitrogens with zero attached hydrogens (tertiary/aromatic N) is 3. The van der Waals surface area contributed by atoms with Gasteiger partial charge in [0, 0.05) is 50.2 Å². The summed E-state index contributed by atoms with van der Waals surface area (Å²) in [7, 11) is 0. The Balaban J connectivity index is 0.000000493. The number of benzene rings is 1. The van der Waals surface area contributed by atoms with Crippen molar-refractivity contribution in [3.63, 3.8) is 0 Å². The molecule has 44 heavy (non-hydrogen) atoms. The van der Waals surface area contributed by atoms with Crippen LogP contribution in [0.25, 0.3) is 0 Å². The lowest BCUT2D eigenvalue weighted by atomic mass is 9.71. The number of fused-ring (bicyclic) bond motifs is 1. The van der Waals surface area contributed by atoms with Crippen molar-refractivity contribution in [3.8, 4) is 11.5 Å². The number of hydrogen-bond donors (Lipinski definition) is 1. The van der Waals surface area contributed by atoms with E-state index in [4.69, 9.17) is 19.4 Å². The second-order valence-corrected chi connectivity index (χ2v) is 12.4. The predicted octanol–water partition coefficient (Wildman–Crippen LogP) is 5.68. The maximum absolute atomic E-state index is 12.9. The number of ether oxygens (including phenoxy) is 2. The lowest BCUT2D eigenvalue weighted by Gasteiger charge is -2.46. The monoisotopic (exact) mass is 619 g/mol. The first-order valence-corrected chi connectivity index (χ1v) is 15.5. The van der Waals surface area contributed by atoms with Crippen molar-refractivity contribution in [3.05, 3.63) is 59.1 Å². The fraction of sp³-hybridized carbons (Fsp3) is 0.594. The summed E-state index contributed by atoms with van der Waals surface area (Å²) in [5.41, 5.74) is 1.76. The number of amides is 1. The molecule has 1 N–H and O–H groups in total. The highest BCUT2D eigenvalue weighted by Crippen LogP contribution is 2.47. The summed E-state index contributed by atoms with van der Waals surface area (Å²) in [4.78, 5) is 26.2. The summed E-state index contributed by atoms with van der Waals surface area (Å²) in [6, 6.07) is 11.4. The van der Waals surface area contributed by atoms with Crippen LogP contribution in [0.5, 0.6) is 11.5 Å². The Labute approximate surface area is 255 Å². The van der Waals surface area contributed by atoms with Crippen molar-refractivity contribution in [1.82, 2.24) is 9.80 Å². The molecule has 1 aromatic carbocycles. The van der Waals surface area contributed by atoms with Gasteiger partial charge in [0.2, 0.25) is 0 Å². The third kappa shape index (κ3) is 7.39. The number of aromatic nitrogens is 1. The smallest absolute Gasteiger partial charge is 0.490 e. The average Bonchev–Trinajstić information content (AvgIpc) is 3.37. The molecule has 1 amide bonds. The zero-order valence-corrected chi connectivity index (χ0v) is 24.8. The molecule has 0 bridgehead atoms. The minimum Gasteiger partial charge on any atom is -0.618 e. The zero-order valence-electron chi connectivity index (χ0n) is 24.8. The van der Waals surface area contributed by atoms with Crippen LogP contribution in [0.4, 0.5) is 13.2 Å². The highest BCUT2D eigenvalue weighted by atomic mass is 19.4. The molecule has 3 fully saturated rings. The molecule has 240 valence electrons. The van der Waals surface area contributed by atoms with E-state index in [1.165, 1.54) is 43.9 Å². The largest absolute Gasteiger partial charge is 0.618 e. The maximum Gasteiger partial charge on any atom is 0.490 e. The molecule has 2 aromatic rings. The number of piperidine rings is 2. The number of halogens is 3. The number of aliphatic carboxylic acids is 1.